The fourth-order valence-electron chi connectivity index (χ4n) is 2.77. The Hall–Kier alpha value is -3.85. The van der Waals surface area contributed by atoms with Crippen LogP contribution in [0.15, 0.2) is 28.0 Å². The molecule has 0 aliphatic carbocycles. The molecule has 0 saturated carbocycles. The minimum atomic E-state index is -3.65. The molecule has 2 heterocycles. The van der Waals surface area contributed by atoms with Crippen LogP contribution < -0.4 is 21.6 Å². The van der Waals surface area contributed by atoms with Gasteiger partial charge in [0.1, 0.15) is 17.7 Å². The van der Waals surface area contributed by atoms with Gasteiger partial charge < -0.3 is 15.5 Å². The van der Waals surface area contributed by atoms with E-state index in [1.54, 1.807) is 0 Å². The van der Waals surface area contributed by atoms with Gasteiger partial charge in [-0.1, -0.05) is 11.6 Å². The number of hydrogen-bond acceptors (Lipinski definition) is 7. The fourth-order valence-corrected chi connectivity index (χ4v) is 2.98. The molecule has 3 N–H and O–H groups in total. The minimum absolute atomic E-state index is 0.123. The zero-order valence-corrected chi connectivity index (χ0v) is 17.3. The third-order valence-electron chi connectivity index (χ3n) is 4.24. The molecule has 166 valence electrons. The van der Waals surface area contributed by atoms with Gasteiger partial charge in [0.2, 0.25) is 5.75 Å². The predicted octanol–water partition coefficient (Wildman–Crippen LogP) is 2.83. The molecular formula is C19H14ClF3N6O3. The molecule has 0 amide bonds. The molecule has 9 nitrogen and oxygen atoms in total. The van der Waals surface area contributed by atoms with Crippen LogP contribution in [0.5, 0.6) is 11.5 Å². The van der Waals surface area contributed by atoms with E-state index in [9.17, 15) is 22.8 Å². The number of H-pyrrole nitrogens is 1. The normalized spacial score (nSPS) is 11.3. The second kappa shape index (κ2) is 8.35. The van der Waals surface area contributed by atoms with E-state index < -0.39 is 52.2 Å². The third-order valence-corrected chi connectivity index (χ3v) is 4.46. The minimum Gasteiger partial charge on any atom is -0.446 e. The molecule has 3 rings (SSSR count). The lowest BCUT2D eigenvalue weighted by Gasteiger charge is -2.17. The number of aryl methyl sites for hydroxylation is 1. The summed E-state index contributed by atoms with van der Waals surface area (Å²) in [6.07, 6.45) is 0.774. The number of benzene rings is 1. The van der Waals surface area contributed by atoms with Crippen LogP contribution in [0.1, 0.15) is 29.6 Å². The summed E-state index contributed by atoms with van der Waals surface area (Å²) in [6, 6.07) is 3.45. The van der Waals surface area contributed by atoms with Crippen LogP contribution in [0.4, 0.5) is 19.0 Å². The van der Waals surface area contributed by atoms with Gasteiger partial charge in [0.05, 0.1) is 24.0 Å². The number of nitrogens with zero attached hydrogens (tertiary/aromatic N) is 4. The monoisotopic (exact) mass is 466 g/mol. The fraction of sp³-hybridized carbons (Fsp3) is 0.211. The molecule has 32 heavy (non-hydrogen) atoms. The number of nitriles is 1. The number of aromatic nitrogens is 4. The van der Waals surface area contributed by atoms with Gasteiger partial charge in [-0.3, -0.25) is 14.2 Å². The summed E-state index contributed by atoms with van der Waals surface area (Å²) in [4.78, 5) is 35.0. The highest BCUT2D eigenvalue weighted by Gasteiger charge is 2.34. The van der Waals surface area contributed by atoms with Crippen LogP contribution in [-0.2, 0) is 12.5 Å². The maximum Gasteiger partial charge on any atom is 0.297 e. The highest BCUT2D eigenvalue weighted by Crippen LogP contribution is 2.35. The van der Waals surface area contributed by atoms with E-state index in [-0.39, 0.29) is 22.2 Å². The summed E-state index contributed by atoms with van der Waals surface area (Å²) in [5.74, 6) is -6.55. The Morgan fingerprint density at radius 2 is 2.06 bits per heavy atom. The Balaban J connectivity index is 2.18. The number of anilines is 1. The first kappa shape index (κ1) is 22.8. The molecule has 13 heteroatoms. The van der Waals surface area contributed by atoms with Crippen molar-refractivity contribution in [1.29, 1.82) is 5.26 Å². The summed E-state index contributed by atoms with van der Waals surface area (Å²) in [6.45, 7) is 1.48. The summed E-state index contributed by atoms with van der Waals surface area (Å²) >= 11 is 5.82. The number of nitrogen functional groups attached to an aromatic ring is 1. The van der Waals surface area contributed by atoms with E-state index in [4.69, 9.17) is 27.3 Å². The van der Waals surface area contributed by atoms with Crippen LogP contribution >= 0.6 is 11.6 Å². The first-order valence-corrected chi connectivity index (χ1v) is 9.20. The maximum atomic E-state index is 14.5. The SMILES string of the molecule is Cc1nc(N)c(Cn2cnc(C(C)(F)F)c(Oc3cc(Cl)cc(C#N)c3F)c2=O)c(=O)[nH]1. The van der Waals surface area contributed by atoms with Crippen LogP contribution in [0, 0.1) is 24.1 Å². The zero-order valence-electron chi connectivity index (χ0n) is 16.5. The van der Waals surface area contributed by atoms with Gasteiger partial charge in [-0.25, -0.2) is 14.4 Å². The van der Waals surface area contributed by atoms with Gasteiger partial charge in [0.15, 0.2) is 17.3 Å². The average Bonchev–Trinajstić information content (AvgIpc) is 2.68. The highest BCUT2D eigenvalue weighted by molar-refractivity contribution is 6.30. The maximum absolute atomic E-state index is 14.5. The van der Waals surface area contributed by atoms with Crippen molar-refractivity contribution in [2.45, 2.75) is 26.3 Å². The number of aromatic amines is 1. The van der Waals surface area contributed by atoms with E-state index >= 15 is 0 Å². The first-order valence-electron chi connectivity index (χ1n) is 8.82. The van der Waals surface area contributed by atoms with E-state index in [2.05, 4.69) is 15.0 Å². The summed E-state index contributed by atoms with van der Waals surface area (Å²) in [7, 11) is 0. The molecular weight excluding hydrogens is 453 g/mol. The highest BCUT2D eigenvalue weighted by atomic mass is 35.5. The number of hydrogen-bond donors (Lipinski definition) is 2. The summed E-state index contributed by atoms with van der Waals surface area (Å²) in [5.41, 5.74) is 2.21. The van der Waals surface area contributed by atoms with Crippen LogP contribution in [-0.4, -0.2) is 19.5 Å². The molecule has 3 aromatic rings. The van der Waals surface area contributed by atoms with E-state index in [0.717, 1.165) is 23.0 Å². The molecule has 1 aromatic carbocycles. The van der Waals surface area contributed by atoms with E-state index in [1.807, 2.05) is 0 Å². The van der Waals surface area contributed by atoms with Crippen LogP contribution in [0.2, 0.25) is 5.02 Å². The van der Waals surface area contributed by atoms with Crippen molar-refractivity contribution in [2.75, 3.05) is 5.73 Å². The molecule has 0 aliphatic heterocycles. The Bertz CT molecular complexity index is 1370. The molecule has 0 fully saturated rings. The Morgan fingerprint density at radius 3 is 2.66 bits per heavy atom. The van der Waals surface area contributed by atoms with Gasteiger partial charge in [0.25, 0.3) is 17.0 Å². The Labute approximate surface area is 182 Å². The number of ether oxygens (including phenoxy) is 1. The zero-order chi connectivity index (χ0) is 23.8. The van der Waals surface area contributed by atoms with Crippen molar-refractivity contribution >= 4 is 17.4 Å². The standard InChI is InChI=1S/C19H14ClF3N6O3/c1-8-27-16(25)11(17(30)28-8)6-29-7-26-15(19(2,22)23)14(18(29)31)32-12-4-10(20)3-9(5-24)13(12)21/h3-4,7H,6H2,1-2H3,(H3,25,27,28,30). The Morgan fingerprint density at radius 1 is 1.38 bits per heavy atom. The lowest BCUT2D eigenvalue weighted by Crippen LogP contribution is -2.30. The van der Waals surface area contributed by atoms with Gasteiger partial charge in [-0.05, 0) is 13.0 Å². The second-order valence-corrected chi connectivity index (χ2v) is 7.17. The van der Waals surface area contributed by atoms with E-state index in [1.165, 1.54) is 13.0 Å². The van der Waals surface area contributed by atoms with Crippen molar-refractivity contribution < 1.29 is 17.9 Å². The third kappa shape index (κ3) is 4.42. The molecule has 0 aliphatic rings. The molecule has 0 unspecified atom stereocenters. The number of rotatable bonds is 5. The summed E-state index contributed by atoms with van der Waals surface area (Å²) < 4.78 is 48.6. The van der Waals surface area contributed by atoms with Crippen LogP contribution in [0.3, 0.4) is 0 Å². The number of halogens is 4. The van der Waals surface area contributed by atoms with Crippen LogP contribution in [0.25, 0.3) is 0 Å². The van der Waals surface area contributed by atoms with Gasteiger partial charge >= 0.3 is 0 Å². The van der Waals surface area contributed by atoms with Crippen molar-refractivity contribution in [3.63, 3.8) is 0 Å². The van der Waals surface area contributed by atoms with Crippen molar-refractivity contribution in [3.8, 4) is 17.6 Å². The topological polar surface area (TPSA) is 140 Å². The molecule has 0 spiro atoms. The van der Waals surface area contributed by atoms with Gasteiger partial charge in [-0.2, -0.15) is 14.0 Å². The predicted molar refractivity (Wildman–Crippen MR) is 107 cm³/mol. The molecule has 0 bridgehead atoms. The lowest BCUT2D eigenvalue weighted by atomic mass is 10.2. The quantitative estimate of drug-likeness (QED) is 0.589. The molecule has 2 aromatic heterocycles. The van der Waals surface area contributed by atoms with E-state index in [0.29, 0.717) is 6.92 Å². The van der Waals surface area contributed by atoms with Crippen molar-refractivity contribution in [3.05, 3.63) is 72.7 Å². The average molecular weight is 467 g/mol. The van der Waals surface area contributed by atoms with Crippen molar-refractivity contribution in [2.24, 2.45) is 0 Å². The molecule has 0 atom stereocenters. The first-order chi connectivity index (χ1) is 14.9. The Kier molecular flexibility index (Phi) is 5.96. The van der Waals surface area contributed by atoms with Gasteiger partial charge in [-0.15, -0.1) is 0 Å². The molecule has 0 saturated heterocycles. The number of alkyl halides is 2. The van der Waals surface area contributed by atoms with Crippen molar-refractivity contribution in [1.82, 2.24) is 19.5 Å². The molecule has 0 radical (unpaired) electrons. The van der Waals surface area contributed by atoms with Gasteiger partial charge in [0, 0.05) is 18.0 Å². The number of nitrogens with one attached hydrogen (secondary N) is 1. The number of nitrogens with two attached hydrogens (primary N) is 1. The summed E-state index contributed by atoms with van der Waals surface area (Å²) in [5, 5.41) is 8.87. The lowest BCUT2D eigenvalue weighted by molar-refractivity contribution is 0.0100. The largest absolute Gasteiger partial charge is 0.446 e. The second-order valence-electron chi connectivity index (χ2n) is 6.74. The smallest absolute Gasteiger partial charge is 0.297 e.